The maximum Gasteiger partial charge on any atom is 0.294 e. The van der Waals surface area contributed by atoms with Gasteiger partial charge in [-0.1, -0.05) is 36.4 Å². The van der Waals surface area contributed by atoms with Crippen LogP contribution >= 0.6 is 0 Å². The van der Waals surface area contributed by atoms with E-state index in [1.54, 1.807) is 43.3 Å². The molecule has 0 radical (unpaired) electrons. The molecule has 7 heteroatoms. The summed E-state index contributed by atoms with van der Waals surface area (Å²) in [5.41, 5.74) is 2.28. The number of aliphatic hydroxyl groups excluding tert-OH is 1. The van der Waals surface area contributed by atoms with Crippen molar-refractivity contribution >= 4 is 17.4 Å². The lowest BCUT2D eigenvalue weighted by Gasteiger charge is -2.27. The molecule has 0 spiro atoms. The number of ether oxygens (including phenoxy) is 1. The van der Waals surface area contributed by atoms with Crippen LogP contribution in [0.3, 0.4) is 0 Å². The Kier molecular flexibility index (Phi) is 6.83. The van der Waals surface area contributed by atoms with Gasteiger partial charge in [-0.3, -0.25) is 14.5 Å². The third kappa shape index (κ3) is 4.73. The fourth-order valence-corrected chi connectivity index (χ4v) is 4.18. The van der Waals surface area contributed by atoms with Crippen LogP contribution in [0.4, 0.5) is 5.69 Å². The van der Waals surface area contributed by atoms with Crippen molar-refractivity contribution in [3.63, 3.8) is 0 Å². The van der Waals surface area contributed by atoms with Gasteiger partial charge < -0.3 is 14.9 Å². The zero-order valence-electron chi connectivity index (χ0n) is 19.1. The Morgan fingerprint density at radius 3 is 2.43 bits per heavy atom. The van der Waals surface area contributed by atoms with E-state index in [4.69, 9.17) is 10.00 Å². The van der Waals surface area contributed by atoms with Crippen molar-refractivity contribution in [2.24, 2.45) is 0 Å². The Bertz CT molecular complexity index is 1320. The van der Waals surface area contributed by atoms with Crippen molar-refractivity contribution < 1.29 is 24.5 Å². The number of carbonyl (C=O) groups excluding carboxylic acids is 2. The SMILES string of the molecule is CCOc1cc(C2C(C(=O)CCc3ccccc3)=C(O)C(=O)N2c2ccc(C#N)cc2)ccc1O. The van der Waals surface area contributed by atoms with E-state index >= 15 is 0 Å². The standard InChI is InChI=1S/C28H24N2O5/c1-2-35-24-16-20(11-15-22(24)31)26-25(23(32)14-10-18-6-4-3-5-7-18)27(33)28(34)30(26)21-12-8-19(17-29)9-13-21/h3-9,11-13,15-16,26,31,33H,2,10,14H2,1H3. The molecule has 7 nitrogen and oxygen atoms in total. The highest BCUT2D eigenvalue weighted by molar-refractivity contribution is 6.16. The number of hydrogen-bond acceptors (Lipinski definition) is 6. The smallest absolute Gasteiger partial charge is 0.294 e. The number of rotatable bonds is 8. The minimum Gasteiger partial charge on any atom is -0.504 e. The number of phenols is 1. The number of anilines is 1. The van der Waals surface area contributed by atoms with Gasteiger partial charge in [0.05, 0.1) is 29.9 Å². The van der Waals surface area contributed by atoms with Crippen LogP contribution in [0, 0.1) is 11.3 Å². The Morgan fingerprint density at radius 2 is 1.77 bits per heavy atom. The van der Waals surface area contributed by atoms with Gasteiger partial charge in [-0.15, -0.1) is 0 Å². The highest BCUT2D eigenvalue weighted by Crippen LogP contribution is 2.43. The summed E-state index contributed by atoms with van der Waals surface area (Å²) in [6.45, 7) is 2.09. The Hall–Kier alpha value is -4.57. The first-order valence-electron chi connectivity index (χ1n) is 11.2. The molecule has 1 atom stereocenters. The number of aryl methyl sites for hydroxylation is 1. The van der Waals surface area contributed by atoms with Crippen LogP contribution in [-0.4, -0.2) is 28.5 Å². The summed E-state index contributed by atoms with van der Waals surface area (Å²) in [5.74, 6) is -1.54. The van der Waals surface area contributed by atoms with Crippen LogP contribution in [0.15, 0.2) is 84.1 Å². The number of amides is 1. The highest BCUT2D eigenvalue weighted by Gasteiger charge is 2.44. The molecule has 1 amide bonds. The number of aliphatic hydroxyl groups is 1. The van der Waals surface area contributed by atoms with E-state index in [9.17, 15) is 19.8 Å². The van der Waals surface area contributed by atoms with Crippen LogP contribution in [-0.2, 0) is 16.0 Å². The van der Waals surface area contributed by atoms with E-state index in [1.165, 1.54) is 11.0 Å². The summed E-state index contributed by atoms with van der Waals surface area (Å²) in [4.78, 5) is 28.0. The number of phenolic OH excluding ortho intramolecular Hbond substituents is 1. The summed E-state index contributed by atoms with van der Waals surface area (Å²) < 4.78 is 5.51. The lowest BCUT2D eigenvalue weighted by atomic mass is 9.92. The molecule has 35 heavy (non-hydrogen) atoms. The van der Waals surface area contributed by atoms with Crippen molar-refractivity contribution in [3.05, 3.63) is 101 Å². The molecule has 1 aliphatic heterocycles. The van der Waals surface area contributed by atoms with Crippen LogP contribution in [0.2, 0.25) is 0 Å². The van der Waals surface area contributed by atoms with Crippen molar-refractivity contribution in [1.82, 2.24) is 0 Å². The van der Waals surface area contributed by atoms with E-state index in [0.29, 0.717) is 29.8 Å². The molecule has 3 aromatic rings. The lowest BCUT2D eigenvalue weighted by molar-refractivity contribution is -0.118. The molecule has 0 aromatic heterocycles. The number of benzene rings is 3. The van der Waals surface area contributed by atoms with Gasteiger partial charge in [0.1, 0.15) is 0 Å². The molecular formula is C28H24N2O5. The Balaban J connectivity index is 1.76. The molecule has 0 saturated carbocycles. The summed E-state index contributed by atoms with van der Waals surface area (Å²) in [6, 6.07) is 21.5. The number of aromatic hydroxyl groups is 1. The zero-order chi connectivity index (χ0) is 24.9. The van der Waals surface area contributed by atoms with Gasteiger partial charge in [-0.2, -0.15) is 5.26 Å². The summed E-state index contributed by atoms with van der Waals surface area (Å²) in [7, 11) is 0. The Morgan fingerprint density at radius 1 is 1.06 bits per heavy atom. The predicted octanol–water partition coefficient (Wildman–Crippen LogP) is 4.76. The van der Waals surface area contributed by atoms with E-state index in [0.717, 1.165) is 5.56 Å². The molecule has 0 fully saturated rings. The number of ketones is 1. The fraction of sp³-hybridized carbons (Fsp3) is 0.179. The van der Waals surface area contributed by atoms with Crippen LogP contribution in [0.5, 0.6) is 11.5 Å². The second-order valence-electron chi connectivity index (χ2n) is 8.07. The third-order valence-corrected chi connectivity index (χ3v) is 5.87. The summed E-state index contributed by atoms with van der Waals surface area (Å²) in [6.07, 6.45) is 0.554. The number of hydrogen-bond donors (Lipinski definition) is 2. The van der Waals surface area contributed by atoms with Crippen molar-refractivity contribution in [3.8, 4) is 17.6 Å². The van der Waals surface area contributed by atoms with E-state index in [-0.39, 0.29) is 29.3 Å². The van der Waals surface area contributed by atoms with Crippen molar-refractivity contribution in [1.29, 1.82) is 5.26 Å². The van der Waals surface area contributed by atoms with Gasteiger partial charge in [0.2, 0.25) is 0 Å². The average Bonchev–Trinajstić information content (AvgIpc) is 3.15. The number of Topliss-reactive ketones (excluding diaryl/α,β-unsaturated/α-hetero) is 1. The van der Waals surface area contributed by atoms with Gasteiger partial charge in [-0.05, 0) is 60.9 Å². The van der Waals surface area contributed by atoms with Crippen molar-refractivity contribution in [2.75, 3.05) is 11.5 Å². The molecular weight excluding hydrogens is 444 g/mol. The molecule has 0 aliphatic carbocycles. The summed E-state index contributed by atoms with van der Waals surface area (Å²) >= 11 is 0. The molecule has 0 saturated heterocycles. The third-order valence-electron chi connectivity index (χ3n) is 5.87. The van der Waals surface area contributed by atoms with E-state index < -0.39 is 17.7 Å². The second kappa shape index (κ2) is 10.1. The van der Waals surface area contributed by atoms with Crippen LogP contribution in [0.25, 0.3) is 0 Å². The Labute approximate surface area is 203 Å². The largest absolute Gasteiger partial charge is 0.504 e. The molecule has 4 rings (SSSR count). The van der Waals surface area contributed by atoms with Crippen molar-refractivity contribution in [2.45, 2.75) is 25.8 Å². The minimum absolute atomic E-state index is 0.0107. The van der Waals surface area contributed by atoms with Gasteiger partial charge in [0.15, 0.2) is 23.0 Å². The number of nitriles is 1. The van der Waals surface area contributed by atoms with E-state index in [1.807, 2.05) is 36.4 Å². The first kappa shape index (κ1) is 23.6. The van der Waals surface area contributed by atoms with E-state index in [2.05, 4.69) is 0 Å². The first-order chi connectivity index (χ1) is 16.9. The molecule has 1 unspecified atom stereocenters. The molecule has 3 aromatic carbocycles. The normalized spacial score (nSPS) is 15.3. The topological polar surface area (TPSA) is 111 Å². The summed E-state index contributed by atoms with van der Waals surface area (Å²) in [5, 5.41) is 30.2. The molecule has 1 aliphatic rings. The zero-order valence-corrected chi connectivity index (χ0v) is 19.1. The monoisotopic (exact) mass is 468 g/mol. The number of carbonyl (C=O) groups is 2. The molecule has 1 heterocycles. The van der Waals surface area contributed by atoms with Crippen LogP contribution in [0.1, 0.15) is 36.1 Å². The fourth-order valence-electron chi connectivity index (χ4n) is 4.18. The molecule has 176 valence electrons. The lowest BCUT2D eigenvalue weighted by Crippen LogP contribution is -2.31. The first-order valence-corrected chi connectivity index (χ1v) is 11.2. The maximum atomic E-state index is 13.4. The van der Waals surface area contributed by atoms with Crippen LogP contribution < -0.4 is 9.64 Å². The second-order valence-corrected chi connectivity index (χ2v) is 8.07. The quantitative estimate of drug-likeness (QED) is 0.493. The minimum atomic E-state index is -0.932. The average molecular weight is 469 g/mol. The molecule has 2 N–H and O–H groups in total. The van der Waals surface area contributed by atoms with Gasteiger partial charge in [-0.25, -0.2) is 0 Å². The number of nitrogens with zero attached hydrogens (tertiary/aromatic N) is 2. The predicted molar refractivity (Wildman–Crippen MR) is 130 cm³/mol. The maximum absolute atomic E-state index is 13.4. The highest BCUT2D eigenvalue weighted by atomic mass is 16.5. The van der Waals surface area contributed by atoms with Gasteiger partial charge >= 0.3 is 0 Å². The molecule has 0 bridgehead atoms. The van der Waals surface area contributed by atoms with Gasteiger partial charge in [0.25, 0.3) is 5.91 Å². The van der Waals surface area contributed by atoms with Gasteiger partial charge in [0, 0.05) is 12.1 Å².